The van der Waals surface area contributed by atoms with Crippen molar-refractivity contribution in [3.63, 3.8) is 0 Å². The number of nitrogens with zero attached hydrogens (tertiary/aromatic N) is 4. The zero-order valence-electron chi connectivity index (χ0n) is 11.4. The summed E-state index contributed by atoms with van der Waals surface area (Å²) in [7, 11) is 0. The molecule has 0 amide bonds. The Morgan fingerprint density at radius 1 is 1.36 bits per heavy atom. The Labute approximate surface area is 130 Å². The van der Waals surface area contributed by atoms with Crippen LogP contribution in [0.5, 0.6) is 0 Å². The van der Waals surface area contributed by atoms with Gasteiger partial charge < -0.3 is 4.90 Å². The van der Waals surface area contributed by atoms with E-state index >= 15 is 0 Å². The third-order valence-corrected chi connectivity index (χ3v) is 3.82. The second-order valence-corrected chi connectivity index (χ2v) is 5.46. The van der Waals surface area contributed by atoms with E-state index in [0.29, 0.717) is 16.5 Å². The van der Waals surface area contributed by atoms with E-state index in [9.17, 15) is 14.5 Å². The van der Waals surface area contributed by atoms with Crippen LogP contribution in [0, 0.1) is 15.9 Å². The Morgan fingerprint density at radius 2 is 2.05 bits per heavy atom. The van der Waals surface area contributed by atoms with Crippen LogP contribution >= 0.6 is 11.6 Å². The fourth-order valence-electron chi connectivity index (χ4n) is 2.16. The molecule has 114 valence electrons. The first-order valence-electron chi connectivity index (χ1n) is 6.72. The van der Waals surface area contributed by atoms with E-state index in [-0.39, 0.29) is 24.1 Å². The Kier molecular flexibility index (Phi) is 3.89. The van der Waals surface area contributed by atoms with Crippen LogP contribution in [0.15, 0.2) is 30.6 Å². The average molecular weight is 323 g/mol. The third kappa shape index (κ3) is 2.99. The molecule has 0 unspecified atom stereocenters. The first-order valence-corrected chi connectivity index (χ1v) is 7.10. The monoisotopic (exact) mass is 322 g/mol. The van der Waals surface area contributed by atoms with Gasteiger partial charge in [-0.05, 0) is 25.0 Å². The quantitative estimate of drug-likeness (QED) is 0.623. The van der Waals surface area contributed by atoms with Crippen LogP contribution in [0.2, 0.25) is 5.02 Å². The number of halogens is 2. The highest BCUT2D eigenvalue weighted by Crippen LogP contribution is 2.33. The Balaban J connectivity index is 1.89. The molecule has 1 aromatic carbocycles. The standard InChI is InChI=1S/C14H12ClFN4O2/c15-12-2-1-3-13(16)11(12)8-19(9-4-5-9)14-17-6-10(7-18-14)20(21)22/h1-3,6-7,9H,4-5,8H2. The van der Waals surface area contributed by atoms with Gasteiger partial charge in [-0.2, -0.15) is 0 Å². The Hall–Kier alpha value is -2.28. The maximum atomic E-state index is 13.9. The summed E-state index contributed by atoms with van der Waals surface area (Å²) in [5, 5.41) is 11.0. The zero-order chi connectivity index (χ0) is 15.7. The van der Waals surface area contributed by atoms with Gasteiger partial charge >= 0.3 is 5.69 Å². The van der Waals surface area contributed by atoms with Crippen molar-refractivity contribution in [2.24, 2.45) is 0 Å². The van der Waals surface area contributed by atoms with E-state index in [1.165, 1.54) is 6.07 Å². The van der Waals surface area contributed by atoms with Gasteiger partial charge in [0, 0.05) is 16.6 Å². The van der Waals surface area contributed by atoms with Crippen molar-refractivity contribution in [1.82, 2.24) is 9.97 Å². The lowest BCUT2D eigenvalue weighted by Gasteiger charge is -2.22. The first kappa shape index (κ1) is 14.6. The van der Waals surface area contributed by atoms with Crippen molar-refractivity contribution < 1.29 is 9.31 Å². The van der Waals surface area contributed by atoms with E-state index in [0.717, 1.165) is 25.2 Å². The fraction of sp³-hybridized carbons (Fsp3) is 0.286. The molecular weight excluding hydrogens is 311 g/mol. The van der Waals surface area contributed by atoms with Gasteiger partial charge in [0.25, 0.3) is 0 Å². The molecule has 1 aromatic heterocycles. The maximum absolute atomic E-state index is 13.9. The number of anilines is 1. The Bertz CT molecular complexity index is 686. The van der Waals surface area contributed by atoms with Crippen molar-refractivity contribution in [1.29, 1.82) is 0 Å². The number of benzene rings is 1. The molecular formula is C14H12ClFN4O2. The van der Waals surface area contributed by atoms with Gasteiger partial charge in [0.2, 0.25) is 5.95 Å². The molecule has 0 N–H and O–H groups in total. The minimum atomic E-state index is -0.557. The fourth-order valence-corrected chi connectivity index (χ4v) is 2.38. The van der Waals surface area contributed by atoms with Crippen molar-refractivity contribution >= 4 is 23.2 Å². The molecule has 1 aliphatic carbocycles. The predicted octanol–water partition coefficient (Wildman–Crippen LogP) is 3.35. The van der Waals surface area contributed by atoms with Gasteiger partial charge in [0.1, 0.15) is 18.2 Å². The second-order valence-electron chi connectivity index (χ2n) is 5.06. The molecule has 0 spiro atoms. The molecule has 1 fully saturated rings. The highest BCUT2D eigenvalue weighted by Gasteiger charge is 2.32. The van der Waals surface area contributed by atoms with Crippen LogP contribution in [-0.4, -0.2) is 20.9 Å². The van der Waals surface area contributed by atoms with Gasteiger partial charge in [0.15, 0.2) is 0 Å². The van der Waals surface area contributed by atoms with E-state index in [1.807, 2.05) is 4.90 Å². The van der Waals surface area contributed by atoms with E-state index in [1.54, 1.807) is 12.1 Å². The normalized spacial score (nSPS) is 13.9. The predicted molar refractivity (Wildman–Crippen MR) is 79.3 cm³/mol. The lowest BCUT2D eigenvalue weighted by atomic mass is 10.2. The molecule has 0 radical (unpaired) electrons. The highest BCUT2D eigenvalue weighted by atomic mass is 35.5. The number of aromatic nitrogens is 2. The van der Waals surface area contributed by atoms with E-state index in [2.05, 4.69) is 9.97 Å². The molecule has 6 nitrogen and oxygen atoms in total. The van der Waals surface area contributed by atoms with Crippen LogP contribution in [-0.2, 0) is 6.54 Å². The van der Waals surface area contributed by atoms with Crippen molar-refractivity contribution in [3.8, 4) is 0 Å². The van der Waals surface area contributed by atoms with Gasteiger partial charge in [-0.3, -0.25) is 10.1 Å². The van der Waals surface area contributed by atoms with Gasteiger partial charge in [0.05, 0.1) is 11.5 Å². The topological polar surface area (TPSA) is 72.2 Å². The summed E-state index contributed by atoms with van der Waals surface area (Å²) in [5.41, 5.74) is 0.196. The van der Waals surface area contributed by atoms with Crippen LogP contribution in [0.4, 0.5) is 16.0 Å². The third-order valence-electron chi connectivity index (χ3n) is 3.47. The molecule has 0 bridgehead atoms. The van der Waals surface area contributed by atoms with E-state index < -0.39 is 4.92 Å². The lowest BCUT2D eigenvalue weighted by molar-refractivity contribution is -0.385. The van der Waals surface area contributed by atoms with Crippen molar-refractivity contribution in [3.05, 3.63) is 57.1 Å². The summed E-state index contributed by atoms with van der Waals surface area (Å²) in [6, 6.07) is 4.73. The van der Waals surface area contributed by atoms with Crippen molar-refractivity contribution in [2.75, 3.05) is 4.90 Å². The molecule has 3 rings (SSSR count). The number of hydrogen-bond donors (Lipinski definition) is 0. The molecule has 2 aromatic rings. The van der Waals surface area contributed by atoms with Crippen LogP contribution in [0.1, 0.15) is 18.4 Å². The maximum Gasteiger partial charge on any atom is 0.305 e. The zero-order valence-corrected chi connectivity index (χ0v) is 12.2. The van der Waals surface area contributed by atoms with Crippen molar-refractivity contribution in [2.45, 2.75) is 25.4 Å². The average Bonchev–Trinajstić information content (AvgIpc) is 3.32. The summed E-state index contributed by atoms with van der Waals surface area (Å²) < 4.78 is 13.9. The van der Waals surface area contributed by atoms with Gasteiger partial charge in [-0.1, -0.05) is 17.7 Å². The number of hydrogen-bond acceptors (Lipinski definition) is 5. The molecule has 8 heteroatoms. The minimum Gasteiger partial charge on any atom is -0.333 e. The molecule has 1 aliphatic rings. The summed E-state index contributed by atoms with van der Waals surface area (Å²) >= 11 is 6.06. The molecule has 22 heavy (non-hydrogen) atoms. The molecule has 0 atom stereocenters. The SMILES string of the molecule is O=[N+]([O-])c1cnc(N(Cc2c(F)cccc2Cl)C2CC2)nc1. The minimum absolute atomic E-state index is 0.177. The summed E-state index contributed by atoms with van der Waals surface area (Å²) in [5.74, 6) is -0.0486. The van der Waals surface area contributed by atoms with Crippen LogP contribution in [0.3, 0.4) is 0 Å². The second kappa shape index (κ2) is 5.84. The largest absolute Gasteiger partial charge is 0.333 e. The summed E-state index contributed by atoms with van der Waals surface area (Å²) in [4.78, 5) is 20.0. The van der Waals surface area contributed by atoms with Crippen LogP contribution in [0.25, 0.3) is 0 Å². The first-order chi connectivity index (χ1) is 10.6. The van der Waals surface area contributed by atoms with Gasteiger partial charge in [-0.25, -0.2) is 14.4 Å². The lowest BCUT2D eigenvalue weighted by Crippen LogP contribution is -2.27. The van der Waals surface area contributed by atoms with E-state index in [4.69, 9.17) is 11.6 Å². The highest BCUT2D eigenvalue weighted by molar-refractivity contribution is 6.31. The molecule has 1 heterocycles. The Morgan fingerprint density at radius 3 is 2.59 bits per heavy atom. The molecule has 0 aliphatic heterocycles. The number of rotatable bonds is 5. The summed E-state index contributed by atoms with van der Waals surface area (Å²) in [6.07, 6.45) is 4.21. The molecule has 1 saturated carbocycles. The molecule has 0 saturated heterocycles. The van der Waals surface area contributed by atoms with Crippen LogP contribution < -0.4 is 4.90 Å². The summed E-state index contributed by atoms with van der Waals surface area (Å²) in [6.45, 7) is 0.230. The number of nitro groups is 1. The smallest absolute Gasteiger partial charge is 0.305 e. The van der Waals surface area contributed by atoms with Gasteiger partial charge in [-0.15, -0.1) is 0 Å².